The van der Waals surface area contributed by atoms with Gasteiger partial charge in [-0.05, 0) is 0 Å². The molecule has 0 amide bonds. The van der Waals surface area contributed by atoms with Crippen molar-refractivity contribution in [2.45, 2.75) is 6.29 Å². The van der Waals surface area contributed by atoms with E-state index in [4.69, 9.17) is 21.1 Å². The maximum absolute atomic E-state index is 10.5. The molecule has 0 bridgehead atoms. The molecule has 1 aliphatic heterocycles. The van der Waals surface area contributed by atoms with Gasteiger partial charge in [-0.25, -0.2) is 4.98 Å². The van der Waals surface area contributed by atoms with E-state index in [1.54, 1.807) is 0 Å². The number of rotatable bonds is 2. The first kappa shape index (κ1) is 12.4. The zero-order chi connectivity index (χ0) is 10.1. The average molecular weight is 240 g/mol. The van der Waals surface area contributed by atoms with E-state index in [0.29, 0.717) is 4.88 Å². The Morgan fingerprint density at radius 3 is 2.60 bits per heavy atom. The van der Waals surface area contributed by atoms with Crippen LogP contribution < -0.4 is 24.0 Å². The van der Waals surface area contributed by atoms with E-state index in [0.717, 1.165) is 11.3 Å². The third kappa shape index (κ3) is 2.47. The number of carboxylic acids is 1. The molecule has 0 saturated heterocycles. The van der Waals surface area contributed by atoms with Crippen LogP contribution in [0.25, 0.3) is 0 Å². The molecular weight excluding hydrogens is 237 g/mol. The van der Waals surface area contributed by atoms with Gasteiger partial charge in [0.25, 0.3) is 6.29 Å². The number of aromatic nitrogens is 1. The van der Waals surface area contributed by atoms with E-state index in [9.17, 15) is 9.90 Å². The van der Waals surface area contributed by atoms with Crippen molar-refractivity contribution in [3.63, 3.8) is 0 Å². The molecule has 0 spiro atoms. The van der Waals surface area contributed by atoms with E-state index in [1.807, 2.05) is 0 Å². The fourth-order valence-electron chi connectivity index (χ4n) is 0.909. The summed E-state index contributed by atoms with van der Waals surface area (Å²) >= 11 is 6.56. The average Bonchev–Trinajstić information content (AvgIpc) is 2.71. The Morgan fingerprint density at radius 1 is 1.53 bits per heavy atom. The van der Waals surface area contributed by atoms with Crippen LogP contribution in [0.3, 0.4) is 0 Å². The fourth-order valence-corrected chi connectivity index (χ4v) is 2.01. The van der Waals surface area contributed by atoms with Gasteiger partial charge in [0, 0.05) is 0 Å². The van der Waals surface area contributed by atoms with E-state index in [2.05, 4.69) is 4.98 Å². The number of hydrogen-bond donors (Lipinski definition) is 0. The summed E-state index contributed by atoms with van der Waals surface area (Å²) < 4.78 is 9.97. The van der Waals surface area contributed by atoms with Crippen LogP contribution in [0.4, 0.5) is 0 Å². The molecule has 0 atom stereocenters. The zero-order valence-electron chi connectivity index (χ0n) is 7.60. The molecule has 5 nitrogen and oxygen atoms in total. The van der Waals surface area contributed by atoms with Crippen LogP contribution in [0.5, 0.6) is 0 Å². The SMILES string of the molecule is O=C([O-])c1nc(Cl)c(C2OC=CO2)s1.[Li+]. The summed E-state index contributed by atoms with van der Waals surface area (Å²) in [7, 11) is 0. The minimum absolute atomic E-state index is 0. The van der Waals surface area contributed by atoms with Crippen molar-refractivity contribution in [1.29, 1.82) is 0 Å². The molecule has 1 aromatic heterocycles. The quantitative estimate of drug-likeness (QED) is 0.542. The van der Waals surface area contributed by atoms with Crippen LogP contribution in [0, 0.1) is 0 Å². The van der Waals surface area contributed by atoms with Crippen molar-refractivity contribution in [2.24, 2.45) is 0 Å². The number of aromatic carboxylic acids is 1. The molecule has 0 N–H and O–H groups in total. The van der Waals surface area contributed by atoms with Crippen LogP contribution >= 0.6 is 22.9 Å². The first-order chi connectivity index (χ1) is 6.68. The van der Waals surface area contributed by atoms with Gasteiger partial charge in [0.05, 0.1) is 0 Å². The van der Waals surface area contributed by atoms with Gasteiger partial charge < -0.3 is 19.4 Å². The summed E-state index contributed by atoms with van der Waals surface area (Å²) in [6, 6.07) is 0. The van der Waals surface area contributed by atoms with Gasteiger partial charge in [0.15, 0.2) is 5.15 Å². The zero-order valence-corrected chi connectivity index (χ0v) is 9.17. The molecule has 0 saturated carbocycles. The second kappa shape index (κ2) is 4.90. The van der Waals surface area contributed by atoms with E-state index >= 15 is 0 Å². The van der Waals surface area contributed by atoms with Crippen LogP contribution in [-0.4, -0.2) is 11.0 Å². The predicted molar refractivity (Wildman–Crippen MR) is 45.5 cm³/mol. The largest absolute Gasteiger partial charge is 1.00 e. The van der Waals surface area contributed by atoms with E-state index < -0.39 is 12.3 Å². The Morgan fingerprint density at radius 2 is 2.13 bits per heavy atom. The molecule has 2 rings (SSSR count). The van der Waals surface area contributed by atoms with Crippen molar-refractivity contribution < 1.29 is 38.2 Å². The third-order valence-corrected chi connectivity index (χ3v) is 2.92. The van der Waals surface area contributed by atoms with Crippen LogP contribution in [0.15, 0.2) is 12.5 Å². The number of thiazole rings is 1. The Bertz CT molecular complexity index is 400. The normalized spacial score (nSPS) is 14.2. The number of carboxylic acid groups (broad SMARTS) is 1. The van der Waals surface area contributed by atoms with Crippen LogP contribution in [0.2, 0.25) is 5.15 Å². The second-order valence-electron chi connectivity index (χ2n) is 2.34. The maximum atomic E-state index is 10.5. The van der Waals surface area contributed by atoms with Crippen LogP contribution in [0.1, 0.15) is 21.0 Å². The molecule has 2 heterocycles. The predicted octanol–water partition coefficient (Wildman–Crippen LogP) is -2.32. The number of hydrogen-bond acceptors (Lipinski definition) is 6. The van der Waals surface area contributed by atoms with Crippen molar-refractivity contribution >= 4 is 28.9 Å². The van der Waals surface area contributed by atoms with Crippen molar-refractivity contribution in [3.05, 3.63) is 27.6 Å². The molecule has 15 heavy (non-hydrogen) atoms. The first-order valence-electron chi connectivity index (χ1n) is 3.52. The summed E-state index contributed by atoms with van der Waals surface area (Å²) in [4.78, 5) is 14.5. The van der Waals surface area contributed by atoms with Gasteiger partial charge in [0.1, 0.15) is 28.4 Å². The van der Waals surface area contributed by atoms with Crippen molar-refractivity contribution in [3.8, 4) is 0 Å². The van der Waals surface area contributed by atoms with Gasteiger partial charge in [-0.3, -0.25) is 0 Å². The van der Waals surface area contributed by atoms with Gasteiger partial charge in [-0.15, -0.1) is 11.3 Å². The molecule has 0 unspecified atom stereocenters. The molecule has 0 aromatic carbocycles. The summed E-state index contributed by atoms with van der Waals surface area (Å²) in [5.74, 6) is -1.37. The minimum atomic E-state index is -1.37. The smallest absolute Gasteiger partial charge is 0.542 e. The Hall–Kier alpha value is -0.673. The van der Waals surface area contributed by atoms with Crippen molar-refractivity contribution in [2.75, 3.05) is 0 Å². The fraction of sp³-hybridized carbons (Fsp3) is 0.143. The number of ether oxygens (including phenoxy) is 2. The Labute approximate surface area is 106 Å². The summed E-state index contributed by atoms with van der Waals surface area (Å²) in [5.41, 5.74) is 0. The summed E-state index contributed by atoms with van der Waals surface area (Å²) in [5, 5.41) is 10.3. The van der Waals surface area contributed by atoms with E-state index in [-0.39, 0.29) is 29.0 Å². The van der Waals surface area contributed by atoms with Gasteiger partial charge >= 0.3 is 18.9 Å². The van der Waals surface area contributed by atoms with Gasteiger partial charge in [-0.1, -0.05) is 11.6 Å². The molecule has 1 aliphatic rings. The molecular formula is C7H3ClLiNO4S. The molecule has 8 heteroatoms. The first-order valence-corrected chi connectivity index (χ1v) is 4.71. The summed E-state index contributed by atoms with van der Waals surface area (Å²) in [6.45, 7) is 0. The van der Waals surface area contributed by atoms with Gasteiger partial charge in [0.2, 0.25) is 0 Å². The van der Waals surface area contributed by atoms with Crippen molar-refractivity contribution in [1.82, 2.24) is 4.98 Å². The molecule has 74 valence electrons. The second-order valence-corrected chi connectivity index (χ2v) is 3.73. The Balaban J connectivity index is 0.00000112. The Kier molecular flexibility index (Phi) is 4.05. The van der Waals surface area contributed by atoms with Gasteiger partial charge in [-0.2, -0.15) is 0 Å². The maximum Gasteiger partial charge on any atom is 1.00 e. The molecule has 0 aliphatic carbocycles. The third-order valence-electron chi connectivity index (χ3n) is 1.46. The number of carbonyl (C=O) groups excluding carboxylic acids is 1. The topological polar surface area (TPSA) is 71.5 Å². The molecule has 0 fully saturated rings. The number of carbonyl (C=O) groups is 1. The van der Waals surface area contributed by atoms with E-state index in [1.165, 1.54) is 12.5 Å². The number of nitrogens with zero attached hydrogens (tertiary/aromatic N) is 1. The number of halogens is 1. The summed E-state index contributed by atoms with van der Waals surface area (Å²) in [6.07, 6.45) is 1.99. The van der Waals surface area contributed by atoms with Crippen LogP contribution in [-0.2, 0) is 9.47 Å². The standard InChI is InChI=1S/C7H4ClNO4S.Li/c8-4-3(7-12-1-2-13-7)14-5(9-4)6(10)11;/h1-2,7H,(H,10,11);/q;+1/p-1. The molecule has 0 radical (unpaired) electrons. The molecule has 1 aromatic rings. The monoisotopic (exact) mass is 239 g/mol. The minimum Gasteiger partial charge on any atom is -0.542 e.